The van der Waals surface area contributed by atoms with Crippen molar-refractivity contribution in [1.29, 1.82) is 0 Å². The molecule has 0 fully saturated rings. The summed E-state index contributed by atoms with van der Waals surface area (Å²) in [7, 11) is 0. The summed E-state index contributed by atoms with van der Waals surface area (Å²) >= 11 is 0. The lowest BCUT2D eigenvalue weighted by Crippen LogP contribution is -2.27. The van der Waals surface area contributed by atoms with Gasteiger partial charge in [0.1, 0.15) is 0 Å². The number of carbonyl (C=O) groups is 2. The van der Waals surface area contributed by atoms with Gasteiger partial charge in [0.25, 0.3) is 5.91 Å². The number of H-pyrrole nitrogens is 1. The number of nitrogens with one attached hydrogen (secondary N) is 2. The number of hydrogen-bond donors (Lipinski definition) is 4. The Balaban J connectivity index is 1.61. The average molecular weight is 449 g/mol. The van der Waals surface area contributed by atoms with Crippen LogP contribution in [0.5, 0.6) is 0 Å². The maximum absolute atomic E-state index is 11.2. The van der Waals surface area contributed by atoms with E-state index in [-0.39, 0.29) is 5.91 Å². The third-order valence-electron chi connectivity index (χ3n) is 5.69. The number of carbonyl (C=O) groups excluding carboxylic acids is 2. The Bertz CT molecular complexity index is 1070. The van der Waals surface area contributed by atoms with Crippen LogP contribution < -0.4 is 11.2 Å². The second-order valence-electron chi connectivity index (χ2n) is 8.21. The molecule has 0 aliphatic heterocycles. The highest BCUT2D eigenvalue weighted by Crippen LogP contribution is 2.19. The molecule has 5 N–H and O–H groups in total. The molecule has 2 aromatic carbocycles. The topological polar surface area (TPSA) is 111 Å². The van der Waals surface area contributed by atoms with E-state index in [4.69, 9.17) is 10.9 Å². The lowest BCUT2D eigenvalue weighted by atomic mass is 10.1. The van der Waals surface area contributed by atoms with Crippen molar-refractivity contribution in [3.05, 3.63) is 77.5 Å². The summed E-state index contributed by atoms with van der Waals surface area (Å²) in [5, 5.41) is 9.85. The summed E-state index contributed by atoms with van der Waals surface area (Å²) in [5.41, 5.74) is 11.4. The van der Waals surface area contributed by atoms with Crippen LogP contribution in [0.3, 0.4) is 0 Å². The molecule has 0 radical (unpaired) electrons. The highest BCUT2D eigenvalue weighted by molar-refractivity contribution is 5.90. The normalized spacial score (nSPS) is 11.5. The summed E-state index contributed by atoms with van der Waals surface area (Å²) in [4.78, 5) is 27.9. The van der Waals surface area contributed by atoms with Crippen LogP contribution in [0.2, 0.25) is 0 Å². The summed E-state index contributed by atoms with van der Waals surface area (Å²) in [5.74, 6) is -0.796. The number of unbranched alkanes of at least 4 members (excludes halogenated alkanes) is 2. The minimum Gasteiger partial charge on any atom is -0.370 e. The first-order valence-electron chi connectivity index (χ1n) is 11.3. The zero-order valence-corrected chi connectivity index (χ0v) is 18.8. The van der Waals surface area contributed by atoms with E-state index in [0.717, 1.165) is 56.4 Å². The van der Waals surface area contributed by atoms with Crippen molar-refractivity contribution in [2.24, 2.45) is 5.73 Å². The number of aromatic nitrogens is 1. The van der Waals surface area contributed by atoms with Crippen LogP contribution in [0.1, 0.15) is 42.4 Å². The number of amides is 2. The molecule has 0 spiro atoms. The van der Waals surface area contributed by atoms with Gasteiger partial charge in [0.2, 0.25) is 5.91 Å². The predicted octanol–water partition coefficient (Wildman–Crippen LogP) is 3.78. The Hall–Kier alpha value is -3.42. The van der Waals surface area contributed by atoms with E-state index >= 15 is 0 Å². The SMILES string of the molecule is NC(=O)CCCCCN(CCc1c[nH]c2ccccc12)Cc1ccc(/C=C/C(=O)NO)cc1. The zero-order chi connectivity index (χ0) is 23.5. The van der Waals surface area contributed by atoms with Crippen molar-refractivity contribution < 1.29 is 14.8 Å². The van der Waals surface area contributed by atoms with Gasteiger partial charge in [-0.2, -0.15) is 0 Å². The van der Waals surface area contributed by atoms with Crippen LogP contribution in [0.15, 0.2) is 60.8 Å². The predicted molar refractivity (Wildman–Crippen MR) is 130 cm³/mol. The van der Waals surface area contributed by atoms with E-state index in [2.05, 4.69) is 46.4 Å². The largest absolute Gasteiger partial charge is 0.370 e. The molecule has 3 rings (SSSR count). The molecule has 0 atom stereocenters. The molecular weight excluding hydrogens is 416 g/mol. The molecule has 3 aromatic rings. The molecule has 0 aliphatic rings. The van der Waals surface area contributed by atoms with E-state index in [1.165, 1.54) is 22.6 Å². The van der Waals surface area contributed by atoms with Crippen LogP contribution in [-0.2, 0) is 22.6 Å². The summed E-state index contributed by atoms with van der Waals surface area (Å²) in [6.45, 7) is 2.69. The quantitative estimate of drug-likeness (QED) is 0.138. The molecule has 1 heterocycles. The van der Waals surface area contributed by atoms with E-state index in [1.54, 1.807) is 11.6 Å². The molecule has 0 saturated heterocycles. The third-order valence-corrected chi connectivity index (χ3v) is 5.69. The Morgan fingerprint density at radius 2 is 1.82 bits per heavy atom. The molecule has 0 unspecified atom stereocenters. The number of hydroxylamine groups is 1. The Kier molecular flexibility index (Phi) is 9.23. The first kappa shape index (κ1) is 24.2. The lowest BCUT2D eigenvalue weighted by molar-refractivity contribution is -0.124. The van der Waals surface area contributed by atoms with E-state index in [1.807, 2.05) is 18.2 Å². The Morgan fingerprint density at radius 1 is 1.03 bits per heavy atom. The summed E-state index contributed by atoms with van der Waals surface area (Å²) < 4.78 is 0. The molecule has 33 heavy (non-hydrogen) atoms. The first-order chi connectivity index (χ1) is 16.0. The van der Waals surface area contributed by atoms with Crippen LogP contribution in [0.4, 0.5) is 0 Å². The van der Waals surface area contributed by atoms with Crippen LogP contribution >= 0.6 is 0 Å². The second-order valence-corrected chi connectivity index (χ2v) is 8.21. The maximum Gasteiger partial charge on any atom is 0.267 e. The number of fused-ring (bicyclic) bond motifs is 1. The van der Waals surface area contributed by atoms with Gasteiger partial charge in [0.05, 0.1) is 0 Å². The molecule has 7 nitrogen and oxygen atoms in total. The highest BCUT2D eigenvalue weighted by atomic mass is 16.5. The number of nitrogens with zero attached hydrogens (tertiary/aromatic N) is 1. The van der Waals surface area contributed by atoms with Crippen molar-refractivity contribution in [1.82, 2.24) is 15.4 Å². The van der Waals surface area contributed by atoms with Crippen LogP contribution in [0.25, 0.3) is 17.0 Å². The molecular formula is C26H32N4O3. The van der Waals surface area contributed by atoms with Gasteiger partial charge >= 0.3 is 0 Å². The fraction of sp³-hybridized carbons (Fsp3) is 0.308. The minimum atomic E-state index is -0.557. The monoisotopic (exact) mass is 448 g/mol. The molecule has 0 bridgehead atoms. The molecule has 1 aromatic heterocycles. The number of aromatic amines is 1. The number of hydrogen-bond acceptors (Lipinski definition) is 4. The molecule has 2 amide bonds. The lowest BCUT2D eigenvalue weighted by Gasteiger charge is -2.22. The number of primary amides is 1. The number of benzene rings is 2. The van der Waals surface area contributed by atoms with Gasteiger partial charge in [0.15, 0.2) is 0 Å². The van der Waals surface area contributed by atoms with Gasteiger partial charge in [-0.3, -0.25) is 19.7 Å². The molecule has 7 heteroatoms. The van der Waals surface area contributed by atoms with Crippen molar-refractivity contribution in [3.63, 3.8) is 0 Å². The van der Waals surface area contributed by atoms with Crippen molar-refractivity contribution >= 4 is 28.8 Å². The Morgan fingerprint density at radius 3 is 2.58 bits per heavy atom. The molecule has 174 valence electrons. The van der Waals surface area contributed by atoms with Crippen molar-refractivity contribution in [3.8, 4) is 0 Å². The number of para-hydroxylation sites is 1. The van der Waals surface area contributed by atoms with E-state index < -0.39 is 5.91 Å². The van der Waals surface area contributed by atoms with Gasteiger partial charge in [-0.15, -0.1) is 0 Å². The van der Waals surface area contributed by atoms with Crippen molar-refractivity contribution in [2.45, 2.75) is 38.6 Å². The minimum absolute atomic E-state index is 0.239. The van der Waals surface area contributed by atoms with Crippen LogP contribution in [-0.4, -0.2) is 40.0 Å². The van der Waals surface area contributed by atoms with E-state index in [9.17, 15) is 9.59 Å². The van der Waals surface area contributed by atoms with Gasteiger partial charge in [-0.05, 0) is 54.6 Å². The first-order valence-corrected chi connectivity index (χ1v) is 11.3. The van der Waals surface area contributed by atoms with Crippen LogP contribution in [0, 0.1) is 0 Å². The zero-order valence-electron chi connectivity index (χ0n) is 18.8. The highest BCUT2D eigenvalue weighted by Gasteiger charge is 2.09. The maximum atomic E-state index is 11.2. The average Bonchev–Trinajstić information content (AvgIpc) is 3.24. The summed E-state index contributed by atoms with van der Waals surface area (Å²) in [6.07, 6.45) is 9.24. The third kappa shape index (κ3) is 7.89. The van der Waals surface area contributed by atoms with E-state index in [0.29, 0.717) is 6.42 Å². The molecule has 0 aliphatic carbocycles. The fourth-order valence-electron chi connectivity index (χ4n) is 3.90. The van der Waals surface area contributed by atoms with Gasteiger partial charge in [0, 0.05) is 42.7 Å². The standard InChI is InChI=1S/C26H32N4O3/c27-25(31)8-2-1-5-16-30(17-15-22-18-28-24-7-4-3-6-23(22)24)19-21-11-9-20(10-12-21)13-14-26(32)29-33/h3-4,6-7,9-14,18,28,33H,1-2,5,8,15-17,19H2,(H2,27,31)(H,29,32)/b14-13+. The smallest absolute Gasteiger partial charge is 0.267 e. The van der Waals surface area contributed by atoms with Crippen molar-refractivity contribution in [2.75, 3.05) is 13.1 Å². The van der Waals surface area contributed by atoms with Gasteiger partial charge in [-0.1, -0.05) is 48.9 Å². The second kappa shape index (κ2) is 12.6. The fourth-order valence-corrected chi connectivity index (χ4v) is 3.90. The van der Waals surface area contributed by atoms with Gasteiger partial charge < -0.3 is 10.7 Å². The number of rotatable bonds is 13. The Labute approximate surface area is 194 Å². The van der Waals surface area contributed by atoms with Gasteiger partial charge in [-0.25, -0.2) is 5.48 Å². The molecule has 0 saturated carbocycles. The summed E-state index contributed by atoms with van der Waals surface area (Å²) in [6, 6.07) is 16.4. The number of nitrogens with two attached hydrogens (primary N) is 1.